The van der Waals surface area contributed by atoms with Gasteiger partial charge in [-0.15, -0.1) is 0 Å². The second-order valence-electron chi connectivity index (χ2n) is 2.35. The SMILES string of the molecule is CCOCc1cccc(Cl)c1Cl. The summed E-state index contributed by atoms with van der Waals surface area (Å²) < 4.78 is 5.21. The number of benzene rings is 1. The average molecular weight is 205 g/mol. The van der Waals surface area contributed by atoms with E-state index in [1.54, 1.807) is 6.07 Å². The molecule has 0 aliphatic rings. The van der Waals surface area contributed by atoms with Crippen LogP contribution in [0.1, 0.15) is 12.5 Å². The second kappa shape index (κ2) is 4.70. The smallest absolute Gasteiger partial charge is 0.0731 e. The van der Waals surface area contributed by atoms with Gasteiger partial charge in [-0.1, -0.05) is 35.3 Å². The highest BCUT2D eigenvalue weighted by molar-refractivity contribution is 6.42. The third-order valence-corrected chi connectivity index (χ3v) is 2.35. The first-order valence-electron chi connectivity index (χ1n) is 3.76. The van der Waals surface area contributed by atoms with Crippen molar-refractivity contribution < 1.29 is 4.74 Å². The number of halogens is 2. The van der Waals surface area contributed by atoms with Crippen LogP contribution < -0.4 is 0 Å². The third kappa shape index (κ3) is 2.37. The lowest BCUT2D eigenvalue weighted by atomic mass is 10.2. The molecule has 0 N–H and O–H groups in total. The molecule has 0 saturated heterocycles. The predicted octanol–water partition coefficient (Wildman–Crippen LogP) is 3.53. The number of rotatable bonds is 3. The minimum Gasteiger partial charge on any atom is -0.377 e. The molecule has 0 spiro atoms. The number of hydrogen-bond acceptors (Lipinski definition) is 1. The summed E-state index contributed by atoms with van der Waals surface area (Å²) in [5.74, 6) is 0. The van der Waals surface area contributed by atoms with E-state index in [1.165, 1.54) is 0 Å². The minimum absolute atomic E-state index is 0.524. The van der Waals surface area contributed by atoms with E-state index in [0.29, 0.717) is 23.3 Å². The van der Waals surface area contributed by atoms with E-state index in [2.05, 4.69) is 0 Å². The van der Waals surface area contributed by atoms with Crippen molar-refractivity contribution in [3.05, 3.63) is 33.8 Å². The predicted molar refractivity (Wildman–Crippen MR) is 51.8 cm³/mol. The van der Waals surface area contributed by atoms with Crippen LogP contribution in [-0.4, -0.2) is 6.61 Å². The Morgan fingerprint density at radius 3 is 2.75 bits per heavy atom. The van der Waals surface area contributed by atoms with Gasteiger partial charge in [0.25, 0.3) is 0 Å². The normalized spacial score (nSPS) is 10.2. The molecule has 66 valence electrons. The monoisotopic (exact) mass is 204 g/mol. The van der Waals surface area contributed by atoms with E-state index in [1.807, 2.05) is 19.1 Å². The summed E-state index contributed by atoms with van der Waals surface area (Å²) in [4.78, 5) is 0. The Bertz CT molecular complexity index is 261. The van der Waals surface area contributed by atoms with Gasteiger partial charge in [0.05, 0.1) is 16.7 Å². The molecule has 1 rings (SSSR count). The molecule has 12 heavy (non-hydrogen) atoms. The zero-order chi connectivity index (χ0) is 8.97. The fourth-order valence-corrected chi connectivity index (χ4v) is 1.25. The van der Waals surface area contributed by atoms with E-state index in [0.717, 1.165) is 5.56 Å². The van der Waals surface area contributed by atoms with Crippen LogP contribution in [0, 0.1) is 0 Å². The van der Waals surface area contributed by atoms with Gasteiger partial charge >= 0.3 is 0 Å². The first-order chi connectivity index (χ1) is 5.75. The van der Waals surface area contributed by atoms with Crippen molar-refractivity contribution in [1.82, 2.24) is 0 Å². The van der Waals surface area contributed by atoms with Gasteiger partial charge in [-0.05, 0) is 18.6 Å². The van der Waals surface area contributed by atoms with Crippen LogP contribution in [0.2, 0.25) is 10.0 Å². The summed E-state index contributed by atoms with van der Waals surface area (Å²) in [6.07, 6.45) is 0. The molecule has 0 aromatic heterocycles. The van der Waals surface area contributed by atoms with Gasteiger partial charge in [0.15, 0.2) is 0 Å². The molecule has 0 fully saturated rings. The van der Waals surface area contributed by atoms with Crippen LogP contribution in [0.3, 0.4) is 0 Å². The molecule has 1 aromatic rings. The van der Waals surface area contributed by atoms with Crippen molar-refractivity contribution >= 4 is 23.2 Å². The van der Waals surface area contributed by atoms with Crippen molar-refractivity contribution in [1.29, 1.82) is 0 Å². The Kier molecular flexibility index (Phi) is 3.86. The molecular formula is C9H10Cl2O. The summed E-state index contributed by atoms with van der Waals surface area (Å²) in [5.41, 5.74) is 0.936. The topological polar surface area (TPSA) is 9.23 Å². The van der Waals surface area contributed by atoms with E-state index < -0.39 is 0 Å². The maximum absolute atomic E-state index is 5.92. The van der Waals surface area contributed by atoms with Gasteiger partial charge in [-0.25, -0.2) is 0 Å². The first-order valence-corrected chi connectivity index (χ1v) is 4.52. The first kappa shape index (κ1) is 9.85. The lowest BCUT2D eigenvalue weighted by molar-refractivity contribution is 0.134. The molecule has 0 saturated carbocycles. The molecule has 0 heterocycles. The molecule has 0 aliphatic heterocycles. The van der Waals surface area contributed by atoms with Crippen LogP contribution in [0.15, 0.2) is 18.2 Å². The maximum Gasteiger partial charge on any atom is 0.0731 e. The van der Waals surface area contributed by atoms with Crippen LogP contribution in [-0.2, 0) is 11.3 Å². The third-order valence-electron chi connectivity index (χ3n) is 1.49. The Balaban J connectivity index is 2.78. The Hall–Kier alpha value is -0.240. The quantitative estimate of drug-likeness (QED) is 0.733. The Labute approximate surface area is 82.2 Å². The second-order valence-corrected chi connectivity index (χ2v) is 3.14. The summed E-state index contributed by atoms with van der Waals surface area (Å²) in [7, 11) is 0. The van der Waals surface area contributed by atoms with Gasteiger partial charge in [-0.2, -0.15) is 0 Å². The van der Waals surface area contributed by atoms with Crippen molar-refractivity contribution in [2.45, 2.75) is 13.5 Å². The largest absolute Gasteiger partial charge is 0.377 e. The highest BCUT2D eigenvalue weighted by Crippen LogP contribution is 2.25. The molecule has 0 atom stereocenters. The molecule has 0 amide bonds. The summed E-state index contributed by atoms with van der Waals surface area (Å²) >= 11 is 11.7. The van der Waals surface area contributed by atoms with E-state index >= 15 is 0 Å². The van der Waals surface area contributed by atoms with E-state index in [-0.39, 0.29) is 0 Å². The highest BCUT2D eigenvalue weighted by Gasteiger charge is 2.02. The Morgan fingerprint density at radius 1 is 1.33 bits per heavy atom. The fourth-order valence-electron chi connectivity index (χ4n) is 0.872. The molecule has 0 aliphatic carbocycles. The standard InChI is InChI=1S/C9H10Cl2O/c1-2-12-6-7-4-3-5-8(10)9(7)11/h3-5H,2,6H2,1H3. The zero-order valence-electron chi connectivity index (χ0n) is 6.81. The molecule has 3 heteroatoms. The molecule has 0 radical (unpaired) electrons. The van der Waals surface area contributed by atoms with Gasteiger partial charge in [0.2, 0.25) is 0 Å². The minimum atomic E-state index is 0.524. The molecule has 0 unspecified atom stereocenters. The van der Waals surface area contributed by atoms with Crippen LogP contribution in [0.25, 0.3) is 0 Å². The Morgan fingerprint density at radius 2 is 2.08 bits per heavy atom. The fraction of sp³-hybridized carbons (Fsp3) is 0.333. The summed E-state index contributed by atoms with van der Waals surface area (Å²) in [5, 5.41) is 1.17. The highest BCUT2D eigenvalue weighted by atomic mass is 35.5. The molecule has 0 bridgehead atoms. The van der Waals surface area contributed by atoms with Gasteiger partial charge in [-0.3, -0.25) is 0 Å². The van der Waals surface area contributed by atoms with Crippen molar-refractivity contribution in [3.63, 3.8) is 0 Å². The summed E-state index contributed by atoms with van der Waals surface area (Å²) in [6, 6.07) is 5.53. The van der Waals surface area contributed by atoms with Crippen LogP contribution >= 0.6 is 23.2 Å². The van der Waals surface area contributed by atoms with Crippen molar-refractivity contribution in [2.75, 3.05) is 6.61 Å². The van der Waals surface area contributed by atoms with Crippen molar-refractivity contribution in [2.24, 2.45) is 0 Å². The molecule has 1 nitrogen and oxygen atoms in total. The van der Waals surface area contributed by atoms with Gasteiger partial charge in [0.1, 0.15) is 0 Å². The lowest BCUT2D eigenvalue weighted by Gasteiger charge is -2.04. The lowest BCUT2D eigenvalue weighted by Crippen LogP contribution is -1.92. The van der Waals surface area contributed by atoms with Crippen LogP contribution in [0.4, 0.5) is 0 Å². The van der Waals surface area contributed by atoms with Gasteiger partial charge < -0.3 is 4.74 Å². The average Bonchev–Trinajstić information content (AvgIpc) is 2.08. The number of hydrogen-bond donors (Lipinski definition) is 0. The van der Waals surface area contributed by atoms with Crippen molar-refractivity contribution in [3.8, 4) is 0 Å². The van der Waals surface area contributed by atoms with E-state index in [4.69, 9.17) is 27.9 Å². The number of ether oxygens (including phenoxy) is 1. The van der Waals surface area contributed by atoms with Gasteiger partial charge in [0, 0.05) is 6.61 Å². The van der Waals surface area contributed by atoms with E-state index in [9.17, 15) is 0 Å². The van der Waals surface area contributed by atoms with Crippen LogP contribution in [0.5, 0.6) is 0 Å². The molecular weight excluding hydrogens is 195 g/mol. The zero-order valence-corrected chi connectivity index (χ0v) is 8.32. The summed E-state index contributed by atoms with van der Waals surface area (Å²) in [6.45, 7) is 3.15. The molecule has 1 aromatic carbocycles. The maximum atomic E-state index is 5.92.